The minimum atomic E-state index is 0.651. The first-order chi connectivity index (χ1) is 9.58. The van der Waals surface area contributed by atoms with Gasteiger partial charge in [0, 0.05) is 13.2 Å². The van der Waals surface area contributed by atoms with Gasteiger partial charge in [0.05, 0.1) is 11.3 Å². The van der Waals surface area contributed by atoms with Crippen molar-refractivity contribution >= 4 is 5.82 Å². The zero-order valence-corrected chi connectivity index (χ0v) is 11.8. The van der Waals surface area contributed by atoms with Crippen LogP contribution in [-0.2, 0) is 7.05 Å². The maximum absolute atomic E-state index is 6.20. The van der Waals surface area contributed by atoms with Gasteiger partial charge in [-0.3, -0.25) is 9.78 Å². The molecule has 0 spiro atoms. The summed E-state index contributed by atoms with van der Waals surface area (Å²) in [6, 6.07) is 8.22. The van der Waals surface area contributed by atoms with Gasteiger partial charge >= 0.3 is 0 Å². The fourth-order valence-corrected chi connectivity index (χ4v) is 2.29. The Morgan fingerprint density at radius 2 is 1.95 bits per heavy atom. The third-order valence-electron chi connectivity index (χ3n) is 3.64. The Hall–Kier alpha value is -2.56. The van der Waals surface area contributed by atoms with Crippen molar-refractivity contribution in [1.82, 2.24) is 20.0 Å². The summed E-state index contributed by atoms with van der Waals surface area (Å²) in [5, 5.41) is 11.4. The van der Waals surface area contributed by atoms with E-state index in [4.69, 9.17) is 5.73 Å². The van der Waals surface area contributed by atoms with E-state index in [0.29, 0.717) is 5.82 Å². The van der Waals surface area contributed by atoms with Gasteiger partial charge in [0.15, 0.2) is 0 Å². The van der Waals surface area contributed by atoms with E-state index >= 15 is 0 Å². The first-order valence-electron chi connectivity index (χ1n) is 6.47. The summed E-state index contributed by atoms with van der Waals surface area (Å²) in [5.41, 5.74) is 12.4. The number of aromatic amines is 1. The normalized spacial score (nSPS) is 10.9. The van der Waals surface area contributed by atoms with Crippen molar-refractivity contribution in [2.45, 2.75) is 13.8 Å². The quantitative estimate of drug-likeness (QED) is 0.749. The molecule has 3 N–H and O–H groups in total. The van der Waals surface area contributed by atoms with Crippen molar-refractivity contribution in [1.29, 1.82) is 0 Å². The fourth-order valence-electron chi connectivity index (χ4n) is 2.29. The highest BCUT2D eigenvalue weighted by Crippen LogP contribution is 2.35. The second-order valence-corrected chi connectivity index (χ2v) is 5.00. The molecule has 0 amide bonds. The molecule has 0 bridgehead atoms. The molecule has 3 aromatic rings. The number of benzene rings is 1. The summed E-state index contributed by atoms with van der Waals surface area (Å²) in [7, 11) is 1.85. The molecular weight excluding hydrogens is 250 g/mol. The summed E-state index contributed by atoms with van der Waals surface area (Å²) < 4.78 is 1.70. The molecule has 0 unspecified atom stereocenters. The van der Waals surface area contributed by atoms with Gasteiger partial charge in [-0.2, -0.15) is 10.2 Å². The minimum absolute atomic E-state index is 0.651. The average molecular weight is 267 g/mol. The highest BCUT2D eigenvalue weighted by atomic mass is 15.3. The molecule has 3 rings (SSSR count). The molecule has 0 fully saturated rings. The van der Waals surface area contributed by atoms with Crippen LogP contribution in [0.4, 0.5) is 5.82 Å². The van der Waals surface area contributed by atoms with E-state index in [9.17, 15) is 0 Å². The molecule has 20 heavy (non-hydrogen) atoms. The van der Waals surface area contributed by atoms with E-state index in [1.165, 1.54) is 11.1 Å². The smallest absolute Gasteiger partial charge is 0.129 e. The number of H-pyrrole nitrogens is 1. The van der Waals surface area contributed by atoms with Gasteiger partial charge in [-0.1, -0.05) is 18.2 Å². The Morgan fingerprint density at radius 1 is 1.15 bits per heavy atom. The molecule has 0 saturated carbocycles. The monoisotopic (exact) mass is 267 g/mol. The van der Waals surface area contributed by atoms with Crippen molar-refractivity contribution in [2.75, 3.05) is 5.73 Å². The molecule has 0 aliphatic carbocycles. The second kappa shape index (κ2) is 4.52. The van der Waals surface area contributed by atoms with Crippen molar-refractivity contribution in [2.24, 2.45) is 7.05 Å². The van der Waals surface area contributed by atoms with Crippen LogP contribution >= 0.6 is 0 Å². The Labute approximate surface area is 117 Å². The summed E-state index contributed by atoms with van der Waals surface area (Å²) in [4.78, 5) is 0. The summed E-state index contributed by atoms with van der Waals surface area (Å²) in [6.07, 6.45) is 1.71. The number of nitrogens with one attached hydrogen (secondary N) is 1. The number of hydrogen-bond acceptors (Lipinski definition) is 3. The summed E-state index contributed by atoms with van der Waals surface area (Å²) in [6.45, 7) is 4.20. The number of rotatable bonds is 2. The molecule has 2 aromatic heterocycles. The van der Waals surface area contributed by atoms with Crippen molar-refractivity contribution in [3.63, 3.8) is 0 Å². The lowest BCUT2D eigenvalue weighted by molar-refractivity contribution is 0.781. The number of nitrogens with zero attached hydrogens (tertiary/aromatic N) is 3. The number of aryl methyl sites for hydroxylation is 3. The van der Waals surface area contributed by atoms with Crippen molar-refractivity contribution in [3.8, 4) is 22.5 Å². The third kappa shape index (κ3) is 1.87. The highest BCUT2D eigenvalue weighted by molar-refractivity contribution is 5.87. The van der Waals surface area contributed by atoms with E-state index < -0.39 is 0 Å². The van der Waals surface area contributed by atoms with Crippen LogP contribution in [0.25, 0.3) is 22.5 Å². The Morgan fingerprint density at radius 3 is 2.60 bits per heavy atom. The van der Waals surface area contributed by atoms with Crippen LogP contribution in [0.5, 0.6) is 0 Å². The van der Waals surface area contributed by atoms with Crippen molar-refractivity contribution in [3.05, 3.63) is 41.6 Å². The van der Waals surface area contributed by atoms with Crippen LogP contribution in [0.2, 0.25) is 0 Å². The van der Waals surface area contributed by atoms with E-state index in [1.807, 2.05) is 13.1 Å². The van der Waals surface area contributed by atoms with Gasteiger partial charge in [-0.25, -0.2) is 0 Å². The number of anilines is 1. The zero-order chi connectivity index (χ0) is 14.3. The van der Waals surface area contributed by atoms with Gasteiger partial charge in [0.2, 0.25) is 0 Å². The second-order valence-electron chi connectivity index (χ2n) is 5.00. The predicted molar refractivity (Wildman–Crippen MR) is 80.1 cm³/mol. The molecule has 5 heteroatoms. The standard InChI is InChI=1S/C15H17N5/c1-9-4-5-11(8-10(9)2)13-14(12-6-7-17-18-12)19-20(3)15(13)16/h4-8H,16H2,1-3H3,(H,17,18). The maximum atomic E-state index is 6.20. The van der Waals surface area contributed by atoms with Crippen LogP contribution < -0.4 is 5.73 Å². The zero-order valence-electron chi connectivity index (χ0n) is 11.8. The Kier molecular flexibility index (Phi) is 2.82. The SMILES string of the molecule is Cc1ccc(-c2c(-c3ccn[nH]3)nn(C)c2N)cc1C. The molecule has 102 valence electrons. The van der Waals surface area contributed by atoms with Gasteiger partial charge in [0.1, 0.15) is 11.5 Å². The largest absolute Gasteiger partial charge is 0.383 e. The first kappa shape index (κ1) is 12.5. The third-order valence-corrected chi connectivity index (χ3v) is 3.64. The number of hydrogen-bond donors (Lipinski definition) is 2. The van der Waals surface area contributed by atoms with Crippen LogP contribution in [0.1, 0.15) is 11.1 Å². The number of aromatic nitrogens is 4. The lowest BCUT2D eigenvalue weighted by atomic mass is 9.99. The van der Waals surface area contributed by atoms with Crippen LogP contribution in [0, 0.1) is 13.8 Å². The topological polar surface area (TPSA) is 72.5 Å². The van der Waals surface area contributed by atoms with E-state index in [-0.39, 0.29) is 0 Å². The molecule has 0 saturated heterocycles. The maximum Gasteiger partial charge on any atom is 0.129 e. The van der Waals surface area contributed by atoms with Gasteiger partial charge < -0.3 is 5.73 Å². The lowest BCUT2D eigenvalue weighted by Crippen LogP contribution is -1.98. The highest BCUT2D eigenvalue weighted by Gasteiger charge is 2.18. The Bertz CT molecular complexity index is 753. The number of nitrogens with two attached hydrogens (primary N) is 1. The molecule has 0 aliphatic heterocycles. The van der Waals surface area contributed by atoms with E-state index in [1.54, 1.807) is 10.9 Å². The van der Waals surface area contributed by atoms with Crippen LogP contribution in [-0.4, -0.2) is 20.0 Å². The molecule has 1 aromatic carbocycles. The van der Waals surface area contributed by atoms with Crippen LogP contribution in [0.3, 0.4) is 0 Å². The lowest BCUT2D eigenvalue weighted by Gasteiger charge is -2.06. The molecule has 0 atom stereocenters. The average Bonchev–Trinajstić information content (AvgIpc) is 3.03. The molecule has 2 heterocycles. The van der Waals surface area contributed by atoms with Crippen molar-refractivity contribution < 1.29 is 0 Å². The summed E-state index contributed by atoms with van der Waals surface area (Å²) in [5.74, 6) is 0.651. The predicted octanol–water partition coefficient (Wildman–Crippen LogP) is 2.68. The Balaban J connectivity index is 2.25. The number of nitrogen functional groups attached to an aromatic ring is 1. The van der Waals surface area contributed by atoms with Gasteiger partial charge in [0.25, 0.3) is 0 Å². The first-order valence-corrected chi connectivity index (χ1v) is 6.47. The molecule has 5 nitrogen and oxygen atoms in total. The molecular formula is C15H17N5. The van der Waals surface area contributed by atoms with E-state index in [2.05, 4.69) is 47.3 Å². The van der Waals surface area contributed by atoms with Gasteiger partial charge in [-0.05, 0) is 36.6 Å². The molecule has 0 aliphatic rings. The fraction of sp³-hybridized carbons (Fsp3) is 0.200. The molecule has 0 radical (unpaired) electrons. The minimum Gasteiger partial charge on any atom is -0.383 e. The van der Waals surface area contributed by atoms with E-state index in [0.717, 1.165) is 22.5 Å². The van der Waals surface area contributed by atoms with Crippen LogP contribution in [0.15, 0.2) is 30.5 Å². The summed E-state index contributed by atoms with van der Waals surface area (Å²) >= 11 is 0. The van der Waals surface area contributed by atoms with Gasteiger partial charge in [-0.15, -0.1) is 0 Å².